The molecule has 1 heterocycles. The number of guanidine groups is 1. The van der Waals surface area contributed by atoms with Crippen LogP contribution in [0.4, 0.5) is 0 Å². The van der Waals surface area contributed by atoms with Gasteiger partial charge in [0.1, 0.15) is 6.54 Å². The van der Waals surface area contributed by atoms with Gasteiger partial charge in [-0.2, -0.15) is 16.7 Å². The summed E-state index contributed by atoms with van der Waals surface area (Å²) < 4.78 is 4.96. The number of nitrogens with zero attached hydrogens (tertiary/aromatic N) is 3. The predicted octanol–water partition coefficient (Wildman–Crippen LogP) is 2.11. The highest BCUT2D eigenvalue weighted by molar-refractivity contribution is 7.99. The van der Waals surface area contributed by atoms with E-state index in [1.165, 1.54) is 25.7 Å². The highest BCUT2D eigenvalue weighted by Crippen LogP contribution is 2.26. The summed E-state index contributed by atoms with van der Waals surface area (Å²) in [7, 11) is 0. The van der Waals surface area contributed by atoms with Crippen molar-refractivity contribution in [2.75, 3.05) is 12.8 Å². The number of nitrogens with one attached hydrogen (secondary N) is 2. The Morgan fingerprint density at radius 1 is 1.48 bits per heavy atom. The number of hydrogen-bond acceptors (Lipinski definition) is 5. The number of aromatic nitrogens is 2. The minimum Gasteiger partial charge on any atom is -0.357 e. The van der Waals surface area contributed by atoms with Crippen LogP contribution in [0.15, 0.2) is 9.52 Å². The van der Waals surface area contributed by atoms with Crippen molar-refractivity contribution in [3.63, 3.8) is 0 Å². The van der Waals surface area contributed by atoms with Gasteiger partial charge in [0.15, 0.2) is 11.8 Å². The SMILES string of the molecule is CCNC(=NCc1noc(C)n1)NC1CCCC(SC)C1. The molecule has 0 saturated heterocycles. The van der Waals surface area contributed by atoms with Crippen molar-refractivity contribution in [2.24, 2.45) is 4.99 Å². The van der Waals surface area contributed by atoms with Gasteiger partial charge in [0.05, 0.1) is 0 Å². The molecule has 1 aromatic heterocycles. The maximum Gasteiger partial charge on any atom is 0.223 e. The normalized spacial score (nSPS) is 23.1. The molecule has 7 heteroatoms. The third kappa shape index (κ3) is 5.22. The Morgan fingerprint density at radius 2 is 2.33 bits per heavy atom. The third-order valence-electron chi connectivity index (χ3n) is 3.59. The van der Waals surface area contributed by atoms with Crippen LogP contribution in [0, 0.1) is 6.92 Å². The molecule has 118 valence electrons. The summed E-state index contributed by atoms with van der Waals surface area (Å²) in [6.45, 7) is 5.14. The monoisotopic (exact) mass is 311 g/mol. The zero-order valence-corrected chi connectivity index (χ0v) is 13.9. The third-order valence-corrected chi connectivity index (χ3v) is 4.69. The van der Waals surface area contributed by atoms with E-state index < -0.39 is 0 Å². The van der Waals surface area contributed by atoms with Crippen LogP contribution in [-0.2, 0) is 6.54 Å². The van der Waals surface area contributed by atoms with Crippen LogP contribution in [0.3, 0.4) is 0 Å². The van der Waals surface area contributed by atoms with Crippen LogP contribution in [0.5, 0.6) is 0 Å². The predicted molar refractivity (Wildman–Crippen MR) is 86.5 cm³/mol. The van der Waals surface area contributed by atoms with E-state index in [0.29, 0.717) is 24.3 Å². The lowest BCUT2D eigenvalue weighted by Crippen LogP contribution is -2.45. The zero-order valence-electron chi connectivity index (χ0n) is 13.1. The van der Waals surface area contributed by atoms with Crippen LogP contribution in [0.2, 0.25) is 0 Å². The summed E-state index contributed by atoms with van der Waals surface area (Å²) in [6, 6.07) is 0.501. The molecule has 0 aliphatic heterocycles. The molecule has 1 saturated carbocycles. The fourth-order valence-electron chi connectivity index (χ4n) is 2.56. The minimum absolute atomic E-state index is 0.436. The first-order chi connectivity index (χ1) is 10.2. The van der Waals surface area contributed by atoms with Gasteiger partial charge >= 0.3 is 0 Å². The molecular weight excluding hydrogens is 286 g/mol. The van der Waals surface area contributed by atoms with E-state index in [4.69, 9.17) is 4.52 Å². The number of rotatable bonds is 5. The Morgan fingerprint density at radius 3 is 3.00 bits per heavy atom. The van der Waals surface area contributed by atoms with Crippen molar-refractivity contribution in [2.45, 2.75) is 57.4 Å². The fraction of sp³-hybridized carbons (Fsp3) is 0.786. The first-order valence-electron chi connectivity index (χ1n) is 7.58. The Balaban J connectivity index is 1.91. The van der Waals surface area contributed by atoms with Crippen molar-refractivity contribution >= 4 is 17.7 Å². The number of aliphatic imine (C=N–C) groups is 1. The fourth-order valence-corrected chi connectivity index (χ4v) is 3.39. The summed E-state index contributed by atoms with van der Waals surface area (Å²) in [5.74, 6) is 2.04. The van der Waals surface area contributed by atoms with Crippen molar-refractivity contribution in [1.82, 2.24) is 20.8 Å². The number of aryl methyl sites for hydroxylation is 1. The van der Waals surface area contributed by atoms with Gasteiger partial charge in [-0.3, -0.25) is 0 Å². The molecule has 6 nitrogen and oxygen atoms in total. The van der Waals surface area contributed by atoms with Gasteiger partial charge in [-0.1, -0.05) is 11.6 Å². The molecule has 2 atom stereocenters. The van der Waals surface area contributed by atoms with E-state index in [-0.39, 0.29) is 0 Å². The van der Waals surface area contributed by atoms with Crippen LogP contribution >= 0.6 is 11.8 Å². The minimum atomic E-state index is 0.436. The van der Waals surface area contributed by atoms with Crippen molar-refractivity contribution < 1.29 is 4.52 Å². The lowest BCUT2D eigenvalue weighted by molar-refractivity contribution is 0.387. The summed E-state index contributed by atoms with van der Waals surface area (Å²) in [5.41, 5.74) is 0. The maximum absolute atomic E-state index is 4.96. The van der Waals surface area contributed by atoms with Crippen molar-refractivity contribution in [3.8, 4) is 0 Å². The maximum atomic E-state index is 4.96. The Bertz CT molecular complexity index is 462. The van der Waals surface area contributed by atoms with Crippen LogP contribution in [0.25, 0.3) is 0 Å². The summed E-state index contributed by atoms with van der Waals surface area (Å²) >= 11 is 1.97. The topological polar surface area (TPSA) is 75.3 Å². The van der Waals surface area contributed by atoms with Gasteiger partial charge < -0.3 is 15.2 Å². The lowest BCUT2D eigenvalue weighted by atomic mass is 9.95. The van der Waals surface area contributed by atoms with Crippen LogP contribution in [-0.4, -0.2) is 40.2 Å². The largest absolute Gasteiger partial charge is 0.357 e. The second-order valence-corrected chi connectivity index (χ2v) is 6.43. The molecule has 0 amide bonds. The quantitative estimate of drug-likeness (QED) is 0.641. The van der Waals surface area contributed by atoms with Gasteiger partial charge in [-0.25, -0.2) is 4.99 Å². The summed E-state index contributed by atoms with van der Waals surface area (Å²) in [6.07, 6.45) is 7.22. The Kier molecular flexibility index (Phi) is 6.35. The van der Waals surface area contributed by atoms with E-state index in [1.54, 1.807) is 6.92 Å². The first-order valence-corrected chi connectivity index (χ1v) is 8.87. The molecule has 2 rings (SSSR count). The molecular formula is C14H25N5OS. The van der Waals surface area contributed by atoms with Crippen LogP contribution in [0.1, 0.15) is 44.3 Å². The Labute approximate surface area is 130 Å². The van der Waals surface area contributed by atoms with Gasteiger partial charge in [-0.15, -0.1) is 0 Å². The van der Waals surface area contributed by atoms with E-state index >= 15 is 0 Å². The van der Waals surface area contributed by atoms with E-state index in [0.717, 1.165) is 17.8 Å². The molecule has 1 aromatic rings. The van der Waals surface area contributed by atoms with E-state index in [9.17, 15) is 0 Å². The molecule has 2 unspecified atom stereocenters. The number of thioether (sulfide) groups is 1. The van der Waals surface area contributed by atoms with Crippen molar-refractivity contribution in [1.29, 1.82) is 0 Å². The second kappa shape index (κ2) is 8.26. The molecule has 0 bridgehead atoms. The molecule has 0 radical (unpaired) electrons. The van der Waals surface area contributed by atoms with E-state index in [2.05, 4.69) is 38.9 Å². The second-order valence-electron chi connectivity index (χ2n) is 5.29. The molecule has 0 spiro atoms. The van der Waals surface area contributed by atoms with Gasteiger partial charge in [0, 0.05) is 24.8 Å². The molecule has 1 fully saturated rings. The molecule has 21 heavy (non-hydrogen) atoms. The molecule has 2 N–H and O–H groups in total. The molecule has 0 aromatic carbocycles. The summed E-state index contributed by atoms with van der Waals surface area (Å²) in [4.78, 5) is 8.72. The van der Waals surface area contributed by atoms with Gasteiger partial charge in [0.25, 0.3) is 0 Å². The lowest BCUT2D eigenvalue weighted by Gasteiger charge is -2.29. The van der Waals surface area contributed by atoms with Gasteiger partial charge in [-0.05, 0) is 32.4 Å². The Hall–Kier alpha value is -1.24. The molecule has 1 aliphatic rings. The van der Waals surface area contributed by atoms with Crippen LogP contribution < -0.4 is 10.6 Å². The molecule has 1 aliphatic carbocycles. The highest BCUT2D eigenvalue weighted by atomic mass is 32.2. The summed E-state index contributed by atoms with van der Waals surface area (Å²) in [5, 5.41) is 11.5. The first kappa shape index (κ1) is 16.1. The standard InChI is InChI=1S/C14H25N5OS/c1-4-15-14(16-9-13-17-10(2)20-19-13)18-11-6-5-7-12(8-11)21-3/h11-12H,4-9H2,1-3H3,(H2,15,16,18). The average Bonchev–Trinajstić information content (AvgIpc) is 2.91. The average molecular weight is 311 g/mol. The smallest absolute Gasteiger partial charge is 0.223 e. The highest BCUT2D eigenvalue weighted by Gasteiger charge is 2.21. The zero-order chi connectivity index (χ0) is 15.1. The van der Waals surface area contributed by atoms with E-state index in [1.807, 2.05) is 11.8 Å². The van der Waals surface area contributed by atoms with Crippen molar-refractivity contribution in [3.05, 3.63) is 11.7 Å². The van der Waals surface area contributed by atoms with Gasteiger partial charge in [0.2, 0.25) is 5.89 Å². The number of hydrogen-bond donors (Lipinski definition) is 2.